The highest BCUT2D eigenvalue weighted by atomic mass is 16.6. The third kappa shape index (κ3) is 2.00. The van der Waals surface area contributed by atoms with Crippen molar-refractivity contribution in [2.75, 3.05) is 0 Å². The molecule has 0 spiro atoms. The number of benzene rings is 2. The summed E-state index contributed by atoms with van der Waals surface area (Å²) < 4.78 is 1.25. The van der Waals surface area contributed by atoms with Crippen LogP contribution in [0.3, 0.4) is 0 Å². The number of rotatable bonds is 3. The Morgan fingerprint density at radius 3 is 2.27 bits per heavy atom. The fourth-order valence-electron chi connectivity index (χ4n) is 2.25. The minimum absolute atomic E-state index is 0.00759. The van der Waals surface area contributed by atoms with Gasteiger partial charge in [0, 0.05) is 6.07 Å². The van der Waals surface area contributed by atoms with Crippen LogP contribution in [-0.4, -0.2) is 19.6 Å². The Morgan fingerprint density at radius 1 is 1.00 bits per heavy atom. The fraction of sp³-hybridized carbons (Fsp3) is 0. The number of nitrogens with zero attached hydrogens (tertiary/aromatic N) is 3. The van der Waals surface area contributed by atoms with E-state index >= 15 is 0 Å². The van der Waals surface area contributed by atoms with Gasteiger partial charge < -0.3 is 0 Å². The van der Waals surface area contributed by atoms with Gasteiger partial charge in [-0.3, -0.25) is 30.1 Å². The van der Waals surface area contributed by atoms with E-state index in [-0.39, 0.29) is 10.9 Å². The smallest absolute Gasteiger partial charge is 0.267 e. The summed E-state index contributed by atoms with van der Waals surface area (Å²) in [5.74, 6) is 0. The lowest BCUT2D eigenvalue weighted by molar-refractivity contribution is -0.393. The molecule has 0 saturated carbocycles. The van der Waals surface area contributed by atoms with Crippen molar-refractivity contribution in [2.24, 2.45) is 0 Å². The summed E-state index contributed by atoms with van der Waals surface area (Å²) in [4.78, 5) is 32.6. The standard InChI is InChI=1S/C13H8N4O5/c18-13-10-6-9(16(19)20)7-11(17(21)22)12(10)15(14-13)8-4-2-1-3-5-8/h1-7H,(H,14,18). The number of fused-ring (bicyclic) bond motifs is 1. The number of hydrogen-bond donors (Lipinski definition) is 1. The number of non-ortho nitro benzene ring substituents is 2. The summed E-state index contributed by atoms with van der Waals surface area (Å²) in [6.45, 7) is 0. The van der Waals surface area contributed by atoms with Crippen molar-refractivity contribution in [3.05, 3.63) is 73.0 Å². The molecule has 0 atom stereocenters. The number of H-pyrrole nitrogens is 1. The molecular formula is C13H8N4O5. The molecule has 3 aromatic rings. The lowest BCUT2D eigenvalue weighted by Gasteiger charge is -2.04. The van der Waals surface area contributed by atoms with Gasteiger partial charge in [-0.2, -0.15) is 0 Å². The first kappa shape index (κ1) is 13.5. The average Bonchev–Trinajstić information content (AvgIpc) is 2.84. The van der Waals surface area contributed by atoms with Gasteiger partial charge in [0.1, 0.15) is 0 Å². The van der Waals surface area contributed by atoms with Crippen LogP contribution in [0.5, 0.6) is 0 Å². The van der Waals surface area contributed by atoms with E-state index in [4.69, 9.17) is 0 Å². The maximum Gasteiger partial charge on any atom is 0.302 e. The van der Waals surface area contributed by atoms with Crippen LogP contribution in [0.15, 0.2) is 47.3 Å². The molecule has 1 heterocycles. The molecule has 0 saturated heterocycles. The number of aromatic amines is 1. The molecule has 0 aliphatic carbocycles. The monoisotopic (exact) mass is 300 g/mol. The Hall–Kier alpha value is -3.49. The van der Waals surface area contributed by atoms with E-state index in [0.29, 0.717) is 5.69 Å². The number of nitrogens with one attached hydrogen (secondary N) is 1. The van der Waals surface area contributed by atoms with E-state index in [1.807, 2.05) is 0 Å². The third-order valence-corrected chi connectivity index (χ3v) is 3.18. The van der Waals surface area contributed by atoms with E-state index in [9.17, 15) is 25.0 Å². The van der Waals surface area contributed by atoms with Gasteiger partial charge in [0.15, 0.2) is 5.52 Å². The summed E-state index contributed by atoms with van der Waals surface area (Å²) in [7, 11) is 0. The van der Waals surface area contributed by atoms with Gasteiger partial charge in [-0.15, -0.1) is 0 Å². The van der Waals surface area contributed by atoms with Gasteiger partial charge in [0.2, 0.25) is 0 Å². The van der Waals surface area contributed by atoms with Crippen LogP contribution in [0.4, 0.5) is 11.4 Å². The van der Waals surface area contributed by atoms with E-state index in [1.54, 1.807) is 30.3 Å². The molecule has 9 nitrogen and oxygen atoms in total. The molecule has 0 fully saturated rings. The number of aromatic nitrogens is 2. The highest BCUT2D eigenvalue weighted by molar-refractivity contribution is 5.90. The SMILES string of the molecule is O=c1[nH]n(-c2ccccc2)c2c([N+](=O)[O-])cc([N+](=O)[O-])cc12. The highest BCUT2D eigenvalue weighted by Crippen LogP contribution is 2.30. The molecule has 2 aromatic carbocycles. The van der Waals surface area contributed by atoms with E-state index in [2.05, 4.69) is 5.10 Å². The molecular weight excluding hydrogens is 292 g/mol. The Bertz CT molecular complexity index is 958. The number of nitro benzene ring substituents is 2. The summed E-state index contributed by atoms with van der Waals surface area (Å²) >= 11 is 0. The lowest BCUT2D eigenvalue weighted by Crippen LogP contribution is -2.03. The van der Waals surface area contributed by atoms with Gasteiger partial charge in [-0.05, 0) is 12.1 Å². The Kier molecular flexibility index (Phi) is 2.95. The van der Waals surface area contributed by atoms with Crippen LogP contribution >= 0.6 is 0 Å². The van der Waals surface area contributed by atoms with Gasteiger partial charge in [0.05, 0.1) is 27.0 Å². The quantitative estimate of drug-likeness (QED) is 0.586. The van der Waals surface area contributed by atoms with Crippen molar-refractivity contribution in [3.8, 4) is 5.69 Å². The molecule has 0 radical (unpaired) electrons. The maximum absolute atomic E-state index is 12.0. The highest BCUT2D eigenvalue weighted by Gasteiger charge is 2.25. The van der Waals surface area contributed by atoms with Crippen LogP contribution < -0.4 is 5.56 Å². The predicted molar refractivity (Wildman–Crippen MR) is 77.2 cm³/mol. The fourth-order valence-corrected chi connectivity index (χ4v) is 2.25. The molecule has 1 aromatic heterocycles. The van der Waals surface area contributed by atoms with E-state index in [0.717, 1.165) is 12.1 Å². The molecule has 0 bridgehead atoms. The van der Waals surface area contributed by atoms with E-state index in [1.165, 1.54) is 4.68 Å². The molecule has 0 aliphatic rings. The Morgan fingerprint density at radius 2 is 1.68 bits per heavy atom. The Balaban J connectivity index is 2.45. The second-order valence-electron chi connectivity index (χ2n) is 4.49. The molecule has 0 aliphatic heterocycles. The summed E-state index contributed by atoms with van der Waals surface area (Å²) in [5.41, 5.74) is -1.15. The first-order valence-corrected chi connectivity index (χ1v) is 6.12. The molecule has 9 heteroatoms. The normalized spacial score (nSPS) is 10.7. The first-order chi connectivity index (χ1) is 10.5. The van der Waals surface area contributed by atoms with Crippen LogP contribution in [0.1, 0.15) is 0 Å². The van der Waals surface area contributed by atoms with Crippen molar-refractivity contribution >= 4 is 22.3 Å². The largest absolute Gasteiger partial charge is 0.302 e. The molecule has 0 unspecified atom stereocenters. The number of nitro groups is 2. The van der Waals surface area contributed by atoms with Gasteiger partial charge >= 0.3 is 5.69 Å². The summed E-state index contributed by atoms with van der Waals surface area (Å²) in [5, 5.41) is 24.5. The van der Waals surface area contributed by atoms with Gasteiger partial charge in [-0.1, -0.05) is 18.2 Å². The molecule has 0 amide bonds. The van der Waals surface area contributed by atoms with E-state index < -0.39 is 26.8 Å². The average molecular weight is 300 g/mol. The van der Waals surface area contributed by atoms with Crippen LogP contribution in [0.25, 0.3) is 16.6 Å². The van der Waals surface area contributed by atoms with Gasteiger partial charge in [0.25, 0.3) is 11.2 Å². The van der Waals surface area contributed by atoms with Gasteiger partial charge in [-0.25, -0.2) is 4.68 Å². The zero-order chi connectivity index (χ0) is 15.9. The molecule has 22 heavy (non-hydrogen) atoms. The molecule has 110 valence electrons. The van der Waals surface area contributed by atoms with Crippen molar-refractivity contribution in [1.29, 1.82) is 0 Å². The minimum Gasteiger partial charge on any atom is -0.267 e. The first-order valence-electron chi connectivity index (χ1n) is 6.12. The van der Waals surface area contributed by atoms with Crippen molar-refractivity contribution in [3.63, 3.8) is 0 Å². The Labute approximate surface area is 121 Å². The second kappa shape index (κ2) is 4.81. The molecule has 3 rings (SSSR count). The van der Waals surface area contributed by atoms with Crippen molar-refractivity contribution < 1.29 is 9.85 Å². The second-order valence-corrected chi connectivity index (χ2v) is 4.49. The predicted octanol–water partition coefficient (Wildman–Crippen LogP) is 2.14. The topological polar surface area (TPSA) is 124 Å². The zero-order valence-corrected chi connectivity index (χ0v) is 10.9. The maximum atomic E-state index is 12.0. The van der Waals surface area contributed by atoms with Crippen LogP contribution in [0, 0.1) is 20.2 Å². The number of para-hydroxylation sites is 1. The number of hydrogen-bond acceptors (Lipinski definition) is 5. The summed E-state index contributed by atoms with van der Waals surface area (Å²) in [6, 6.07) is 10.3. The van der Waals surface area contributed by atoms with Crippen molar-refractivity contribution in [2.45, 2.75) is 0 Å². The van der Waals surface area contributed by atoms with Crippen LogP contribution in [-0.2, 0) is 0 Å². The summed E-state index contributed by atoms with van der Waals surface area (Å²) in [6.07, 6.45) is 0. The van der Waals surface area contributed by atoms with Crippen LogP contribution in [0.2, 0.25) is 0 Å². The zero-order valence-electron chi connectivity index (χ0n) is 10.9. The minimum atomic E-state index is -0.772. The van der Waals surface area contributed by atoms with Crippen molar-refractivity contribution in [1.82, 2.24) is 9.78 Å². The lowest BCUT2D eigenvalue weighted by atomic mass is 10.2. The molecule has 1 N–H and O–H groups in total. The third-order valence-electron chi connectivity index (χ3n) is 3.18.